The van der Waals surface area contributed by atoms with Crippen molar-refractivity contribution in [1.29, 1.82) is 0 Å². The molecule has 0 aliphatic carbocycles. The number of hydrazone groups is 1. The first kappa shape index (κ1) is 10.4. The van der Waals surface area contributed by atoms with Gasteiger partial charge in [-0.05, 0) is 20.5 Å². The zero-order valence-corrected chi connectivity index (χ0v) is 8.02. The van der Waals surface area contributed by atoms with Gasteiger partial charge in [-0.1, -0.05) is 6.92 Å². The Balaban J connectivity index is 3.61. The summed E-state index contributed by atoms with van der Waals surface area (Å²) in [6, 6.07) is 0. The maximum atomic E-state index is 4.15. The highest BCUT2D eigenvalue weighted by Gasteiger charge is 1.96. The van der Waals surface area contributed by atoms with E-state index in [0.717, 1.165) is 19.4 Å². The maximum Gasteiger partial charge on any atom is 0.0388 e. The zero-order valence-electron chi connectivity index (χ0n) is 8.02. The molecule has 0 aliphatic heterocycles. The second-order valence-corrected chi connectivity index (χ2v) is 2.81. The average molecular weight is 157 g/mol. The molecule has 0 heterocycles. The van der Waals surface area contributed by atoms with Gasteiger partial charge in [0.05, 0.1) is 0 Å². The molecule has 0 radical (unpaired) electrons. The minimum Gasteiger partial charge on any atom is -0.313 e. The highest BCUT2D eigenvalue weighted by molar-refractivity contribution is 5.84. The summed E-state index contributed by atoms with van der Waals surface area (Å²) in [5.41, 5.74) is 4.05. The van der Waals surface area contributed by atoms with Gasteiger partial charge in [0.2, 0.25) is 0 Å². The summed E-state index contributed by atoms with van der Waals surface area (Å²) in [7, 11) is 5.99. The van der Waals surface area contributed by atoms with E-state index >= 15 is 0 Å². The number of nitrogens with zero attached hydrogens (tertiary/aromatic N) is 2. The van der Waals surface area contributed by atoms with Gasteiger partial charge in [-0.15, -0.1) is 0 Å². The topological polar surface area (TPSA) is 27.6 Å². The largest absolute Gasteiger partial charge is 0.313 e. The molecular weight excluding hydrogens is 138 g/mol. The highest BCUT2D eigenvalue weighted by atomic mass is 15.3. The van der Waals surface area contributed by atoms with Crippen LogP contribution in [0, 0.1) is 0 Å². The van der Waals surface area contributed by atoms with Crippen LogP contribution in [0.1, 0.15) is 19.8 Å². The minimum atomic E-state index is 1.04. The van der Waals surface area contributed by atoms with E-state index in [1.807, 2.05) is 7.05 Å². The van der Waals surface area contributed by atoms with Crippen LogP contribution >= 0.6 is 0 Å². The lowest BCUT2D eigenvalue weighted by molar-refractivity contribution is 0.420. The van der Waals surface area contributed by atoms with Crippen LogP contribution in [0.3, 0.4) is 0 Å². The molecule has 0 saturated heterocycles. The molecule has 11 heavy (non-hydrogen) atoms. The summed E-state index contributed by atoms with van der Waals surface area (Å²) in [4.78, 5) is 2.17. The predicted octanol–water partition coefficient (Wildman–Crippen LogP) is 0.923. The SMILES string of the molecule is CC/C(CCN(C)C)=N/NC. The Bertz CT molecular complexity index is 119. The zero-order chi connectivity index (χ0) is 8.69. The summed E-state index contributed by atoms with van der Waals surface area (Å²) in [6.07, 6.45) is 2.10. The fraction of sp³-hybridized carbons (Fsp3) is 0.875. The lowest BCUT2D eigenvalue weighted by Gasteiger charge is -2.09. The summed E-state index contributed by atoms with van der Waals surface area (Å²) in [5, 5.41) is 4.15. The Morgan fingerprint density at radius 3 is 2.45 bits per heavy atom. The Kier molecular flexibility index (Phi) is 5.84. The first-order valence-corrected chi connectivity index (χ1v) is 4.07. The molecule has 0 aromatic rings. The van der Waals surface area contributed by atoms with E-state index in [1.54, 1.807) is 0 Å². The van der Waals surface area contributed by atoms with E-state index in [-0.39, 0.29) is 0 Å². The molecule has 3 nitrogen and oxygen atoms in total. The molecule has 0 unspecified atom stereocenters. The van der Waals surface area contributed by atoms with Gasteiger partial charge in [-0.2, -0.15) is 5.10 Å². The van der Waals surface area contributed by atoms with Gasteiger partial charge >= 0.3 is 0 Å². The highest BCUT2D eigenvalue weighted by Crippen LogP contribution is 1.92. The van der Waals surface area contributed by atoms with E-state index in [9.17, 15) is 0 Å². The van der Waals surface area contributed by atoms with Crippen LogP contribution < -0.4 is 5.43 Å². The van der Waals surface area contributed by atoms with E-state index in [0.29, 0.717) is 0 Å². The van der Waals surface area contributed by atoms with Crippen LogP contribution in [-0.4, -0.2) is 38.3 Å². The summed E-state index contributed by atoms with van der Waals surface area (Å²) < 4.78 is 0. The minimum absolute atomic E-state index is 1.04. The fourth-order valence-corrected chi connectivity index (χ4v) is 0.823. The van der Waals surface area contributed by atoms with Crippen molar-refractivity contribution in [2.75, 3.05) is 27.7 Å². The van der Waals surface area contributed by atoms with Gasteiger partial charge in [-0.25, -0.2) is 0 Å². The van der Waals surface area contributed by atoms with Gasteiger partial charge in [0.15, 0.2) is 0 Å². The molecule has 0 spiro atoms. The van der Waals surface area contributed by atoms with Crippen molar-refractivity contribution in [2.45, 2.75) is 19.8 Å². The molecule has 0 aliphatic rings. The van der Waals surface area contributed by atoms with Crippen molar-refractivity contribution in [3.8, 4) is 0 Å². The van der Waals surface area contributed by atoms with Gasteiger partial charge in [0, 0.05) is 25.7 Å². The molecule has 3 heteroatoms. The molecule has 66 valence electrons. The number of rotatable bonds is 5. The van der Waals surface area contributed by atoms with Crippen LogP contribution in [0.2, 0.25) is 0 Å². The molecule has 0 saturated carbocycles. The summed E-state index contributed by atoms with van der Waals surface area (Å²) >= 11 is 0. The molecule has 0 fully saturated rings. The normalized spacial score (nSPS) is 12.3. The van der Waals surface area contributed by atoms with Crippen molar-refractivity contribution < 1.29 is 0 Å². The Labute approximate surface area is 69.5 Å². The Hall–Kier alpha value is -0.570. The molecule has 1 N–H and O–H groups in total. The molecule has 0 rings (SSSR count). The molecular formula is C8H19N3. The average Bonchev–Trinajstić information content (AvgIpc) is 1.97. The van der Waals surface area contributed by atoms with Gasteiger partial charge in [0.1, 0.15) is 0 Å². The van der Waals surface area contributed by atoms with Crippen molar-refractivity contribution >= 4 is 5.71 Å². The Morgan fingerprint density at radius 1 is 1.45 bits per heavy atom. The third-order valence-electron chi connectivity index (χ3n) is 1.53. The summed E-state index contributed by atoms with van der Waals surface area (Å²) in [5.74, 6) is 0. The third-order valence-corrected chi connectivity index (χ3v) is 1.53. The maximum absolute atomic E-state index is 4.15. The standard InChI is InChI=1S/C8H19N3/c1-5-8(10-9-2)6-7-11(3)4/h9H,5-7H2,1-4H3/b10-8-. The molecule has 0 bridgehead atoms. The lowest BCUT2D eigenvalue weighted by atomic mass is 10.2. The van der Waals surface area contributed by atoms with Crippen LogP contribution in [0.25, 0.3) is 0 Å². The van der Waals surface area contributed by atoms with Crippen LogP contribution in [0.4, 0.5) is 0 Å². The fourth-order valence-electron chi connectivity index (χ4n) is 0.823. The van der Waals surface area contributed by atoms with Gasteiger partial charge < -0.3 is 10.3 Å². The van der Waals surface area contributed by atoms with E-state index in [2.05, 4.69) is 36.4 Å². The summed E-state index contributed by atoms with van der Waals surface area (Å²) in [6.45, 7) is 3.21. The van der Waals surface area contributed by atoms with Crippen LogP contribution in [0.5, 0.6) is 0 Å². The monoisotopic (exact) mass is 157 g/mol. The van der Waals surface area contributed by atoms with Crippen molar-refractivity contribution in [3.05, 3.63) is 0 Å². The quantitative estimate of drug-likeness (QED) is 0.475. The molecule has 0 amide bonds. The molecule has 0 aromatic heterocycles. The number of hydrogen-bond donors (Lipinski definition) is 1. The molecule has 0 aromatic carbocycles. The van der Waals surface area contributed by atoms with Gasteiger partial charge in [-0.3, -0.25) is 0 Å². The van der Waals surface area contributed by atoms with Crippen molar-refractivity contribution in [1.82, 2.24) is 10.3 Å². The Morgan fingerprint density at radius 2 is 2.09 bits per heavy atom. The van der Waals surface area contributed by atoms with Crippen molar-refractivity contribution in [3.63, 3.8) is 0 Å². The van der Waals surface area contributed by atoms with E-state index in [4.69, 9.17) is 0 Å². The van der Waals surface area contributed by atoms with Crippen LogP contribution in [0.15, 0.2) is 5.10 Å². The lowest BCUT2D eigenvalue weighted by Crippen LogP contribution is -2.17. The van der Waals surface area contributed by atoms with E-state index < -0.39 is 0 Å². The second kappa shape index (κ2) is 6.16. The second-order valence-electron chi connectivity index (χ2n) is 2.81. The first-order chi connectivity index (χ1) is 5.20. The predicted molar refractivity (Wildman–Crippen MR) is 50.0 cm³/mol. The smallest absolute Gasteiger partial charge is 0.0388 e. The van der Waals surface area contributed by atoms with Crippen LogP contribution in [-0.2, 0) is 0 Å². The third kappa shape index (κ3) is 5.85. The number of hydrogen-bond acceptors (Lipinski definition) is 3. The first-order valence-electron chi connectivity index (χ1n) is 4.07. The van der Waals surface area contributed by atoms with Gasteiger partial charge in [0.25, 0.3) is 0 Å². The molecule has 0 atom stereocenters. The number of nitrogens with one attached hydrogen (secondary N) is 1. The van der Waals surface area contributed by atoms with E-state index in [1.165, 1.54) is 5.71 Å². The van der Waals surface area contributed by atoms with Crippen molar-refractivity contribution in [2.24, 2.45) is 5.10 Å².